The zero-order valence-corrected chi connectivity index (χ0v) is 13.2. The van der Waals surface area contributed by atoms with Gasteiger partial charge in [-0.1, -0.05) is 0 Å². The molecule has 1 aromatic carbocycles. The number of hydrogen-bond donors (Lipinski definition) is 2. The molecule has 0 saturated carbocycles. The highest BCUT2D eigenvalue weighted by Gasteiger charge is 2.23. The summed E-state index contributed by atoms with van der Waals surface area (Å²) >= 11 is 3.40. The number of amides is 2. The van der Waals surface area contributed by atoms with E-state index in [1.807, 2.05) is 19.1 Å². The molecule has 0 bridgehead atoms. The van der Waals surface area contributed by atoms with Crippen LogP contribution in [0.15, 0.2) is 22.7 Å². The normalized spacial score (nSPS) is 19.4. The second kappa shape index (κ2) is 6.95. The Bertz CT molecular complexity index is 475. The summed E-state index contributed by atoms with van der Waals surface area (Å²) in [5.74, 6) is 0.690. The number of anilines is 1. The number of halogens is 1. The molecular formula is C14H19BrN2O3. The van der Waals surface area contributed by atoms with Crippen molar-refractivity contribution in [1.82, 2.24) is 5.32 Å². The van der Waals surface area contributed by atoms with E-state index in [4.69, 9.17) is 9.47 Å². The predicted octanol–water partition coefficient (Wildman–Crippen LogP) is 3.15. The molecule has 1 aliphatic rings. The monoisotopic (exact) mass is 342 g/mol. The lowest BCUT2D eigenvalue weighted by Crippen LogP contribution is -2.43. The van der Waals surface area contributed by atoms with E-state index in [0.717, 1.165) is 23.9 Å². The van der Waals surface area contributed by atoms with E-state index in [-0.39, 0.29) is 18.2 Å². The summed E-state index contributed by atoms with van der Waals surface area (Å²) in [5.41, 5.74) is 0.668. The number of methoxy groups -OCH3 is 1. The fraction of sp³-hybridized carbons (Fsp3) is 0.500. The number of hydrogen-bond acceptors (Lipinski definition) is 3. The molecule has 5 nitrogen and oxygen atoms in total. The molecule has 1 heterocycles. The van der Waals surface area contributed by atoms with Crippen molar-refractivity contribution < 1.29 is 14.3 Å². The van der Waals surface area contributed by atoms with Gasteiger partial charge in [-0.3, -0.25) is 0 Å². The van der Waals surface area contributed by atoms with Crippen molar-refractivity contribution in [3.8, 4) is 5.75 Å². The summed E-state index contributed by atoms with van der Waals surface area (Å²) in [6.07, 6.45) is 2.15. The Morgan fingerprint density at radius 1 is 1.55 bits per heavy atom. The Hall–Kier alpha value is -1.27. The van der Waals surface area contributed by atoms with Gasteiger partial charge in [0.2, 0.25) is 0 Å². The first-order chi connectivity index (χ1) is 9.60. The molecule has 2 atom stereocenters. The summed E-state index contributed by atoms with van der Waals surface area (Å²) in [6.45, 7) is 2.73. The van der Waals surface area contributed by atoms with Gasteiger partial charge in [-0.25, -0.2) is 4.79 Å². The molecule has 0 aromatic heterocycles. The van der Waals surface area contributed by atoms with Gasteiger partial charge in [0.15, 0.2) is 0 Å². The van der Waals surface area contributed by atoms with Gasteiger partial charge in [-0.15, -0.1) is 0 Å². The fourth-order valence-electron chi connectivity index (χ4n) is 2.18. The van der Waals surface area contributed by atoms with Crippen molar-refractivity contribution in [2.45, 2.75) is 31.9 Å². The van der Waals surface area contributed by atoms with Gasteiger partial charge in [-0.2, -0.15) is 0 Å². The maximum absolute atomic E-state index is 12.0. The minimum absolute atomic E-state index is 0.0121. The Labute approximate surface area is 127 Å². The molecular weight excluding hydrogens is 324 g/mol. The minimum Gasteiger partial charge on any atom is -0.497 e. The zero-order chi connectivity index (χ0) is 14.5. The Morgan fingerprint density at radius 3 is 3.00 bits per heavy atom. The SMILES string of the molecule is COc1ccc(Br)c(NC(=O)N[C@@H](C)[C@@H]2CCCO2)c1. The molecule has 0 aliphatic carbocycles. The topological polar surface area (TPSA) is 59.6 Å². The van der Waals surface area contributed by atoms with Crippen LogP contribution in [-0.4, -0.2) is 31.9 Å². The average Bonchev–Trinajstić information content (AvgIpc) is 2.95. The van der Waals surface area contributed by atoms with Crippen LogP contribution in [0.3, 0.4) is 0 Å². The van der Waals surface area contributed by atoms with Crippen molar-refractivity contribution in [1.29, 1.82) is 0 Å². The summed E-state index contributed by atoms with van der Waals surface area (Å²) in [7, 11) is 1.59. The second-order valence-electron chi connectivity index (χ2n) is 4.78. The minimum atomic E-state index is -0.248. The van der Waals surface area contributed by atoms with Gasteiger partial charge in [0.05, 0.1) is 24.9 Å². The largest absolute Gasteiger partial charge is 0.497 e. The number of urea groups is 1. The van der Waals surface area contributed by atoms with E-state index >= 15 is 0 Å². The van der Waals surface area contributed by atoms with E-state index in [9.17, 15) is 4.79 Å². The molecule has 1 aliphatic heterocycles. The third-order valence-electron chi connectivity index (χ3n) is 3.30. The standard InChI is InChI=1S/C14H19BrN2O3/c1-9(13-4-3-7-20-13)16-14(18)17-12-8-10(19-2)5-6-11(12)15/h5-6,8-9,13H,3-4,7H2,1-2H3,(H2,16,17,18)/t9-,13-/m0/s1. The lowest BCUT2D eigenvalue weighted by molar-refractivity contribution is 0.0868. The highest BCUT2D eigenvalue weighted by atomic mass is 79.9. The quantitative estimate of drug-likeness (QED) is 0.883. The summed E-state index contributed by atoms with van der Waals surface area (Å²) in [6, 6.07) is 5.16. The molecule has 2 N–H and O–H groups in total. The molecule has 110 valence electrons. The first-order valence-electron chi connectivity index (χ1n) is 6.63. The number of nitrogens with one attached hydrogen (secondary N) is 2. The molecule has 6 heteroatoms. The molecule has 0 radical (unpaired) electrons. The van der Waals surface area contributed by atoms with Gasteiger partial charge in [0.25, 0.3) is 0 Å². The average molecular weight is 343 g/mol. The van der Waals surface area contributed by atoms with Crippen molar-refractivity contribution in [2.24, 2.45) is 0 Å². The van der Waals surface area contributed by atoms with E-state index in [1.54, 1.807) is 13.2 Å². The van der Waals surface area contributed by atoms with Crippen LogP contribution < -0.4 is 15.4 Å². The Kier molecular flexibility index (Phi) is 5.25. The molecule has 2 amide bonds. The highest BCUT2D eigenvalue weighted by molar-refractivity contribution is 9.10. The third-order valence-corrected chi connectivity index (χ3v) is 3.99. The predicted molar refractivity (Wildman–Crippen MR) is 81.3 cm³/mol. The molecule has 2 rings (SSSR count). The molecule has 20 heavy (non-hydrogen) atoms. The van der Waals surface area contributed by atoms with Crippen LogP contribution in [0.4, 0.5) is 10.5 Å². The van der Waals surface area contributed by atoms with Crippen LogP contribution in [0, 0.1) is 0 Å². The van der Waals surface area contributed by atoms with Crippen LogP contribution in [-0.2, 0) is 4.74 Å². The van der Waals surface area contributed by atoms with Crippen molar-refractivity contribution >= 4 is 27.6 Å². The highest BCUT2D eigenvalue weighted by Crippen LogP contribution is 2.27. The second-order valence-corrected chi connectivity index (χ2v) is 5.64. The molecule has 0 unspecified atom stereocenters. The van der Waals surface area contributed by atoms with E-state index < -0.39 is 0 Å². The zero-order valence-electron chi connectivity index (χ0n) is 11.6. The van der Waals surface area contributed by atoms with E-state index in [2.05, 4.69) is 26.6 Å². The van der Waals surface area contributed by atoms with Gasteiger partial charge < -0.3 is 20.1 Å². The summed E-state index contributed by atoms with van der Waals surface area (Å²) in [5, 5.41) is 5.71. The van der Waals surface area contributed by atoms with Crippen LogP contribution in [0.5, 0.6) is 5.75 Å². The Balaban J connectivity index is 1.93. The first-order valence-corrected chi connectivity index (χ1v) is 7.42. The molecule has 1 aromatic rings. The van der Waals surface area contributed by atoms with Crippen LogP contribution in [0.1, 0.15) is 19.8 Å². The van der Waals surface area contributed by atoms with Crippen LogP contribution >= 0.6 is 15.9 Å². The number of benzene rings is 1. The van der Waals surface area contributed by atoms with Crippen LogP contribution in [0.25, 0.3) is 0 Å². The number of carbonyl (C=O) groups excluding carboxylic acids is 1. The molecule has 0 spiro atoms. The van der Waals surface area contributed by atoms with Crippen molar-refractivity contribution in [2.75, 3.05) is 19.0 Å². The third kappa shape index (κ3) is 3.86. The fourth-order valence-corrected chi connectivity index (χ4v) is 2.53. The lowest BCUT2D eigenvalue weighted by Gasteiger charge is -2.20. The van der Waals surface area contributed by atoms with E-state index in [0.29, 0.717) is 11.4 Å². The van der Waals surface area contributed by atoms with Crippen molar-refractivity contribution in [3.63, 3.8) is 0 Å². The maximum atomic E-state index is 12.0. The maximum Gasteiger partial charge on any atom is 0.319 e. The summed E-state index contributed by atoms with van der Waals surface area (Å²) < 4.78 is 11.5. The lowest BCUT2D eigenvalue weighted by atomic mass is 10.1. The number of carbonyl (C=O) groups is 1. The van der Waals surface area contributed by atoms with Gasteiger partial charge in [0, 0.05) is 17.1 Å². The number of rotatable bonds is 4. The van der Waals surface area contributed by atoms with Crippen LogP contribution in [0.2, 0.25) is 0 Å². The van der Waals surface area contributed by atoms with E-state index in [1.165, 1.54) is 0 Å². The molecule has 1 fully saturated rings. The Morgan fingerprint density at radius 2 is 2.35 bits per heavy atom. The number of ether oxygens (including phenoxy) is 2. The van der Waals surface area contributed by atoms with Crippen molar-refractivity contribution in [3.05, 3.63) is 22.7 Å². The van der Waals surface area contributed by atoms with Gasteiger partial charge in [-0.05, 0) is 47.8 Å². The summed E-state index contributed by atoms with van der Waals surface area (Å²) in [4.78, 5) is 12.0. The van der Waals surface area contributed by atoms with Gasteiger partial charge >= 0.3 is 6.03 Å². The van der Waals surface area contributed by atoms with Gasteiger partial charge in [0.1, 0.15) is 5.75 Å². The molecule has 1 saturated heterocycles. The smallest absolute Gasteiger partial charge is 0.319 e. The first kappa shape index (κ1) is 15.1.